The van der Waals surface area contributed by atoms with Gasteiger partial charge in [-0.25, -0.2) is 0 Å². The monoisotopic (exact) mass is 136 g/mol. The molecule has 1 atom stereocenters. The summed E-state index contributed by atoms with van der Waals surface area (Å²) in [4.78, 5) is 10.3. The number of carbonyl (C=O) groups excluding carboxylic acids is 1. The van der Waals surface area contributed by atoms with Crippen molar-refractivity contribution >= 4 is 6.29 Å². The maximum absolute atomic E-state index is 10.3. The minimum atomic E-state index is 0.325. The van der Waals surface area contributed by atoms with Gasteiger partial charge in [-0.05, 0) is 24.8 Å². The van der Waals surface area contributed by atoms with Crippen LogP contribution in [0.4, 0.5) is 0 Å². The first-order valence-corrected chi connectivity index (χ1v) is 3.65. The summed E-state index contributed by atoms with van der Waals surface area (Å²) in [5, 5.41) is 0. The molecule has 0 aromatic carbocycles. The van der Waals surface area contributed by atoms with E-state index in [2.05, 4.69) is 18.7 Å². The van der Waals surface area contributed by atoms with Gasteiger partial charge in [-0.15, -0.1) is 0 Å². The van der Waals surface area contributed by atoms with Gasteiger partial charge in [0.25, 0.3) is 0 Å². The second-order valence-electron chi connectivity index (χ2n) is 2.66. The molecule has 0 amide bonds. The molecular formula is C9H12O. The maximum Gasteiger partial charge on any atom is 0.146 e. The Bertz CT molecular complexity index is 168. The van der Waals surface area contributed by atoms with E-state index in [-0.39, 0.29) is 0 Å². The topological polar surface area (TPSA) is 17.1 Å². The average Bonchev–Trinajstić information content (AvgIpc) is 2.05. The van der Waals surface area contributed by atoms with Crippen molar-refractivity contribution in [1.82, 2.24) is 0 Å². The summed E-state index contributed by atoms with van der Waals surface area (Å²) in [6.45, 7) is 3.68. The van der Waals surface area contributed by atoms with E-state index < -0.39 is 0 Å². The molecule has 1 aliphatic carbocycles. The lowest BCUT2D eigenvalue weighted by Gasteiger charge is -2.14. The Hall–Kier alpha value is -0.850. The summed E-state index contributed by atoms with van der Waals surface area (Å²) in [5.74, 6) is 0.325. The van der Waals surface area contributed by atoms with E-state index in [0.717, 1.165) is 24.7 Å². The van der Waals surface area contributed by atoms with Crippen LogP contribution in [0, 0.1) is 5.92 Å². The molecule has 0 aromatic rings. The quantitative estimate of drug-likeness (QED) is 0.323. The molecule has 1 nitrogen and oxygen atoms in total. The molecule has 0 radical (unpaired) electrons. The van der Waals surface area contributed by atoms with E-state index in [1.807, 2.05) is 0 Å². The van der Waals surface area contributed by atoms with E-state index in [1.54, 1.807) is 0 Å². The number of rotatable bonds is 2. The maximum atomic E-state index is 10.3. The number of aldehydes is 1. The molecule has 0 saturated heterocycles. The van der Waals surface area contributed by atoms with Crippen molar-refractivity contribution in [2.45, 2.75) is 19.3 Å². The van der Waals surface area contributed by atoms with E-state index >= 15 is 0 Å². The first kappa shape index (κ1) is 7.26. The van der Waals surface area contributed by atoms with Gasteiger partial charge in [0.1, 0.15) is 6.29 Å². The smallest absolute Gasteiger partial charge is 0.146 e. The zero-order chi connectivity index (χ0) is 7.40. The highest BCUT2D eigenvalue weighted by Crippen LogP contribution is 2.21. The molecular weight excluding hydrogens is 124 g/mol. The fourth-order valence-corrected chi connectivity index (χ4v) is 1.21. The Morgan fingerprint density at radius 1 is 1.70 bits per heavy atom. The highest BCUT2D eigenvalue weighted by molar-refractivity contribution is 5.73. The molecule has 1 rings (SSSR count). The lowest BCUT2D eigenvalue weighted by molar-refractivity contribution is -0.105. The fourth-order valence-electron chi connectivity index (χ4n) is 1.21. The van der Waals surface area contributed by atoms with Gasteiger partial charge >= 0.3 is 0 Å². The van der Waals surface area contributed by atoms with Crippen molar-refractivity contribution in [3.8, 4) is 0 Å². The Morgan fingerprint density at radius 3 is 3.00 bits per heavy atom. The van der Waals surface area contributed by atoms with E-state index in [1.165, 1.54) is 6.42 Å². The van der Waals surface area contributed by atoms with Crippen LogP contribution in [0.1, 0.15) is 19.3 Å². The number of hydrogen-bond donors (Lipinski definition) is 0. The molecule has 0 heterocycles. The van der Waals surface area contributed by atoms with Crippen LogP contribution in [-0.2, 0) is 4.79 Å². The summed E-state index contributed by atoms with van der Waals surface area (Å²) in [7, 11) is 0. The zero-order valence-corrected chi connectivity index (χ0v) is 6.05. The second-order valence-corrected chi connectivity index (χ2v) is 2.66. The fraction of sp³-hybridized carbons (Fsp3) is 0.444. The predicted octanol–water partition coefficient (Wildman–Crippen LogP) is 2.10. The highest BCUT2D eigenvalue weighted by atomic mass is 16.1. The van der Waals surface area contributed by atoms with E-state index in [4.69, 9.17) is 0 Å². The molecule has 0 fully saturated rings. The molecule has 0 N–H and O–H groups in total. The molecule has 54 valence electrons. The van der Waals surface area contributed by atoms with Crippen LogP contribution in [-0.4, -0.2) is 6.29 Å². The number of carbonyl (C=O) groups is 1. The zero-order valence-electron chi connectivity index (χ0n) is 6.05. The molecule has 1 heteroatoms. The highest BCUT2D eigenvalue weighted by Gasteiger charge is 2.10. The lowest BCUT2D eigenvalue weighted by atomic mass is 9.91. The molecule has 0 aliphatic heterocycles. The first-order valence-electron chi connectivity index (χ1n) is 3.65. The lowest BCUT2D eigenvalue weighted by Crippen LogP contribution is -2.03. The van der Waals surface area contributed by atoms with Crippen LogP contribution in [0.5, 0.6) is 0 Å². The third-order valence-corrected chi connectivity index (χ3v) is 1.88. The second kappa shape index (κ2) is 3.35. The summed E-state index contributed by atoms with van der Waals surface area (Å²) in [6, 6.07) is 0. The van der Waals surface area contributed by atoms with Crippen molar-refractivity contribution in [3.63, 3.8) is 0 Å². The van der Waals surface area contributed by atoms with Crippen LogP contribution in [0.25, 0.3) is 0 Å². The van der Waals surface area contributed by atoms with Crippen molar-refractivity contribution in [3.05, 3.63) is 24.3 Å². The summed E-state index contributed by atoms with van der Waals surface area (Å²) in [5.41, 5.74) is 0.718. The van der Waals surface area contributed by atoms with Crippen LogP contribution in [0.2, 0.25) is 0 Å². The van der Waals surface area contributed by atoms with Crippen LogP contribution in [0.3, 0.4) is 0 Å². The van der Waals surface area contributed by atoms with Gasteiger partial charge in [0, 0.05) is 5.92 Å². The Balaban J connectivity index is 2.54. The van der Waals surface area contributed by atoms with Gasteiger partial charge in [-0.2, -0.15) is 0 Å². The molecule has 0 saturated carbocycles. The van der Waals surface area contributed by atoms with Gasteiger partial charge in [0.15, 0.2) is 0 Å². The summed E-state index contributed by atoms with van der Waals surface area (Å²) >= 11 is 0. The van der Waals surface area contributed by atoms with E-state index in [0.29, 0.717) is 5.92 Å². The third-order valence-electron chi connectivity index (χ3n) is 1.88. The van der Waals surface area contributed by atoms with Crippen LogP contribution >= 0.6 is 0 Å². The molecule has 0 bridgehead atoms. The molecule has 0 aromatic heterocycles. The van der Waals surface area contributed by atoms with Crippen molar-refractivity contribution in [2.75, 3.05) is 0 Å². The van der Waals surface area contributed by atoms with Gasteiger partial charge in [-0.1, -0.05) is 18.7 Å². The van der Waals surface area contributed by atoms with E-state index in [9.17, 15) is 4.79 Å². The molecule has 1 unspecified atom stereocenters. The van der Waals surface area contributed by atoms with Gasteiger partial charge in [0.05, 0.1) is 0 Å². The summed E-state index contributed by atoms with van der Waals surface area (Å²) < 4.78 is 0. The number of allylic oxidation sites excluding steroid dienone is 3. The average molecular weight is 136 g/mol. The van der Waals surface area contributed by atoms with Crippen LogP contribution < -0.4 is 0 Å². The third kappa shape index (κ3) is 1.56. The Labute approximate surface area is 61.4 Å². The van der Waals surface area contributed by atoms with Crippen molar-refractivity contribution < 1.29 is 4.79 Å². The molecule has 1 aliphatic rings. The Morgan fingerprint density at radius 2 is 2.50 bits per heavy atom. The largest absolute Gasteiger partial charge is 0.298 e. The minimum absolute atomic E-state index is 0.325. The minimum Gasteiger partial charge on any atom is -0.298 e. The molecule has 0 spiro atoms. The Kier molecular flexibility index (Phi) is 2.43. The van der Waals surface area contributed by atoms with Gasteiger partial charge in [-0.3, -0.25) is 4.79 Å². The standard InChI is InChI=1S/C9H12O/c1-8(7-10)9-5-3-2-4-6-9/h3,5,7,9H,1-2,4,6H2. The van der Waals surface area contributed by atoms with Gasteiger partial charge < -0.3 is 0 Å². The normalized spacial score (nSPS) is 24.2. The number of hydrogen-bond acceptors (Lipinski definition) is 1. The van der Waals surface area contributed by atoms with Crippen LogP contribution in [0.15, 0.2) is 24.3 Å². The van der Waals surface area contributed by atoms with Crippen molar-refractivity contribution in [2.24, 2.45) is 5.92 Å². The predicted molar refractivity (Wildman–Crippen MR) is 41.7 cm³/mol. The van der Waals surface area contributed by atoms with Crippen molar-refractivity contribution in [1.29, 1.82) is 0 Å². The molecule has 10 heavy (non-hydrogen) atoms. The summed E-state index contributed by atoms with van der Waals surface area (Å²) in [6.07, 6.45) is 8.51. The van der Waals surface area contributed by atoms with Gasteiger partial charge in [0.2, 0.25) is 0 Å². The SMILES string of the molecule is C=C(C=O)C1C=CCCC1. The first-order chi connectivity index (χ1) is 4.84.